The van der Waals surface area contributed by atoms with Crippen molar-refractivity contribution in [1.82, 2.24) is 20.2 Å². The van der Waals surface area contributed by atoms with E-state index in [1.54, 1.807) is 17.4 Å². The zero-order chi connectivity index (χ0) is 17.8. The molecule has 2 aliphatic heterocycles. The van der Waals surface area contributed by atoms with E-state index < -0.39 is 6.04 Å². The lowest BCUT2D eigenvalue weighted by molar-refractivity contribution is -0.150. The molecule has 130 valence electrons. The first kappa shape index (κ1) is 16.7. The van der Waals surface area contributed by atoms with Crippen LogP contribution in [0.4, 0.5) is 0 Å². The molecule has 0 unspecified atom stereocenters. The van der Waals surface area contributed by atoms with Crippen LogP contribution in [0.2, 0.25) is 0 Å². The Morgan fingerprint density at radius 1 is 1.28 bits per heavy atom. The number of piperazine rings is 1. The molecule has 0 radical (unpaired) electrons. The number of amides is 2. The molecule has 2 aliphatic rings. The van der Waals surface area contributed by atoms with Gasteiger partial charge in [0, 0.05) is 31.3 Å². The molecule has 3 N–H and O–H groups in total. The van der Waals surface area contributed by atoms with Gasteiger partial charge in [-0.1, -0.05) is 24.3 Å². The zero-order valence-electron chi connectivity index (χ0n) is 13.4. The maximum absolute atomic E-state index is 12.7. The van der Waals surface area contributed by atoms with Gasteiger partial charge in [-0.2, -0.15) is 0 Å². The molecule has 0 saturated carbocycles. The van der Waals surface area contributed by atoms with Crippen molar-refractivity contribution in [2.75, 3.05) is 0 Å². The number of rotatable bonds is 2. The normalized spacial score (nSPS) is 21.4. The van der Waals surface area contributed by atoms with Crippen LogP contribution in [0.25, 0.3) is 0 Å². The number of carbonyl (C=O) groups is 3. The molecule has 0 spiro atoms. The van der Waals surface area contributed by atoms with E-state index in [1.165, 1.54) is 0 Å². The lowest BCUT2D eigenvalue weighted by Gasteiger charge is -2.42. The molecule has 2 aromatic rings. The fourth-order valence-corrected chi connectivity index (χ4v) is 3.27. The second-order valence-corrected chi connectivity index (χ2v) is 5.90. The van der Waals surface area contributed by atoms with Crippen molar-refractivity contribution in [3.8, 4) is 0 Å². The van der Waals surface area contributed by atoms with E-state index in [1.807, 2.05) is 24.3 Å². The third-order valence-corrected chi connectivity index (χ3v) is 4.43. The average Bonchev–Trinajstić information content (AvgIpc) is 3.12. The Morgan fingerprint density at radius 2 is 2.00 bits per heavy atom. The highest BCUT2D eigenvalue weighted by Gasteiger charge is 2.42. The Balaban J connectivity index is 0.000000569. The Kier molecular flexibility index (Phi) is 4.78. The van der Waals surface area contributed by atoms with Crippen molar-refractivity contribution < 1.29 is 19.5 Å². The van der Waals surface area contributed by atoms with Crippen molar-refractivity contribution in [2.24, 2.45) is 0 Å². The zero-order valence-corrected chi connectivity index (χ0v) is 13.4. The number of benzene rings is 1. The number of nitrogens with one attached hydrogen (secondary N) is 2. The standard InChI is InChI=1S/C16H16N4O2.CH2O2/c21-15-14-5-10-3-1-2-4-11(10)8-20(14)16(22)13(19-15)6-12-7-17-9-18-12;2-1-3/h1-4,7,9,13-14H,5-6,8H2,(H,17,18)(H,19,21);1H,(H,2,3)/t13-,14+;/m0./s1. The van der Waals surface area contributed by atoms with E-state index in [4.69, 9.17) is 9.90 Å². The highest BCUT2D eigenvalue weighted by molar-refractivity contribution is 5.97. The summed E-state index contributed by atoms with van der Waals surface area (Å²) in [6.07, 6.45) is 4.28. The third-order valence-electron chi connectivity index (χ3n) is 4.43. The van der Waals surface area contributed by atoms with Crippen LogP contribution in [0.15, 0.2) is 36.8 Å². The first-order valence-electron chi connectivity index (χ1n) is 7.86. The third kappa shape index (κ3) is 3.37. The van der Waals surface area contributed by atoms with Crippen molar-refractivity contribution in [1.29, 1.82) is 0 Å². The minimum atomic E-state index is -0.519. The molecule has 1 fully saturated rings. The molecule has 0 aliphatic carbocycles. The number of H-pyrrole nitrogens is 1. The molecule has 1 saturated heterocycles. The molecule has 0 bridgehead atoms. The maximum atomic E-state index is 12.7. The summed E-state index contributed by atoms with van der Waals surface area (Å²) in [6.45, 7) is 0.257. The summed E-state index contributed by atoms with van der Waals surface area (Å²) in [5.41, 5.74) is 3.12. The van der Waals surface area contributed by atoms with Gasteiger partial charge in [-0.3, -0.25) is 14.4 Å². The molecule has 25 heavy (non-hydrogen) atoms. The molecular formula is C17H18N4O4. The lowest BCUT2D eigenvalue weighted by Crippen LogP contribution is -2.65. The number of imidazole rings is 1. The first-order valence-corrected chi connectivity index (χ1v) is 7.86. The molecule has 2 atom stereocenters. The van der Waals surface area contributed by atoms with Crippen LogP contribution in [-0.2, 0) is 33.8 Å². The van der Waals surface area contributed by atoms with Crippen LogP contribution in [0.5, 0.6) is 0 Å². The van der Waals surface area contributed by atoms with Crippen LogP contribution in [-0.4, -0.2) is 50.3 Å². The van der Waals surface area contributed by atoms with Gasteiger partial charge in [0.25, 0.3) is 6.47 Å². The molecule has 4 rings (SSSR count). The van der Waals surface area contributed by atoms with Gasteiger partial charge in [0.2, 0.25) is 11.8 Å². The minimum Gasteiger partial charge on any atom is -0.483 e. The Labute approximate surface area is 143 Å². The van der Waals surface area contributed by atoms with Gasteiger partial charge in [-0.25, -0.2) is 4.98 Å². The molecular weight excluding hydrogens is 324 g/mol. The molecule has 8 heteroatoms. The number of carboxylic acid groups (broad SMARTS) is 1. The van der Waals surface area contributed by atoms with Crippen molar-refractivity contribution in [3.05, 3.63) is 53.6 Å². The first-order chi connectivity index (χ1) is 12.1. The quantitative estimate of drug-likeness (QED) is 0.670. The number of aromatic amines is 1. The summed E-state index contributed by atoms with van der Waals surface area (Å²) >= 11 is 0. The second-order valence-electron chi connectivity index (χ2n) is 5.90. The van der Waals surface area contributed by atoms with Gasteiger partial charge in [-0.05, 0) is 11.1 Å². The fourth-order valence-electron chi connectivity index (χ4n) is 3.27. The number of nitrogens with zero attached hydrogens (tertiary/aromatic N) is 2. The predicted molar refractivity (Wildman–Crippen MR) is 87.4 cm³/mol. The highest BCUT2D eigenvalue weighted by atomic mass is 16.3. The van der Waals surface area contributed by atoms with Gasteiger partial charge in [-0.15, -0.1) is 0 Å². The van der Waals surface area contributed by atoms with Gasteiger partial charge in [0.15, 0.2) is 0 Å². The lowest BCUT2D eigenvalue weighted by atomic mass is 9.90. The van der Waals surface area contributed by atoms with E-state index in [9.17, 15) is 9.59 Å². The summed E-state index contributed by atoms with van der Waals surface area (Å²) in [4.78, 5) is 42.1. The van der Waals surface area contributed by atoms with Gasteiger partial charge < -0.3 is 20.3 Å². The number of fused-ring (bicyclic) bond motifs is 2. The van der Waals surface area contributed by atoms with Crippen molar-refractivity contribution in [2.45, 2.75) is 31.5 Å². The average molecular weight is 342 g/mol. The van der Waals surface area contributed by atoms with Crippen LogP contribution in [0.3, 0.4) is 0 Å². The SMILES string of the molecule is O=C1N[C@@H](Cc2cnc[nH]2)C(=O)N2Cc3ccccc3C[C@H]12.O=CO. The Bertz CT molecular complexity index is 775. The van der Waals surface area contributed by atoms with Crippen LogP contribution in [0.1, 0.15) is 16.8 Å². The second kappa shape index (κ2) is 7.16. The highest BCUT2D eigenvalue weighted by Crippen LogP contribution is 2.26. The fraction of sp³-hybridized carbons (Fsp3) is 0.294. The monoisotopic (exact) mass is 342 g/mol. The number of aromatic nitrogens is 2. The topological polar surface area (TPSA) is 115 Å². The largest absolute Gasteiger partial charge is 0.483 e. The van der Waals surface area contributed by atoms with Crippen LogP contribution >= 0.6 is 0 Å². The summed E-state index contributed by atoms with van der Waals surface area (Å²) < 4.78 is 0. The molecule has 3 heterocycles. The molecule has 1 aromatic heterocycles. The number of hydrogen-bond donors (Lipinski definition) is 3. The van der Waals surface area contributed by atoms with Gasteiger partial charge >= 0.3 is 0 Å². The van der Waals surface area contributed by atoms with E-state index in [-0.39, 0.29) is 24.3 Å². The Hall–Kier alpha value is -3.16. The smallest absolute Gasteiger partial charge is 0.290 e. The van der Waals surface area contributed by atoms with Crippen LogP contribution < -0.4 is 5.32 Å². The maximum Gasteiger partial charge on any atom is 0.290 e. The molecule has 1 aromatic carbocycles. The minimum absolute atomic E-state index is 0.0197. The van der Waals surface area contributed by atoms with E-state index >= 15 is 0 Å². The van der Waals surface area contributed by atoms with Crippen molar-refractivity contribution in [3.63, 3.8) is 0 Å². The van der Waals surface area contributed by atoms with Gasteiger partial charge in [0.1, 0.15) is 12.1 Å². The van der Waals surface area contributed by atoms with E-state index in [0.717, 1.165) is 16.8 Å². The number of hydrogen-bond acceptors (Lipinski definition) is 4. The van der Waals surface area contributed by atoms with E-state index in [0.29, 0.717) is 19.4 Å². The summed E-state index contributed by atoms with van der Waals surface area (Å²) in [5, 5.41) is 9.75. The van der Waals surface area contributed by atoms with Gasteiger partial charge in [0.05, 0.1) is 6.33 Å². The van der Waals surface area contributed by atoms with Crippen molar-refractivity contribution >= 4 is 18.3 Å². The van der Waals surface area contributed by atoms with Crippen LogP contribution in [0, 0.1) is 0 Å². The summed E-state index contributed by atoms with van der Waals surface area (Å²) in [5.74, 6) is -0.0904. The molecule has 2 amide bonds. The summed E-state index contributed by atoms with van der Waals surface area (Å²) in [7, 11) is 0. The predicted octanol–water partition coefficient (Wildman–Crippen LogP) is 0.105. The van der Waals surface area contributed by atoms with E-state index in [2.05, 4.69) is 15.3 Å². The summed E-state index contributed by atoms with van der Waals surface area (Å²) in [6, 6.07) is 7.08. The Morgan fingerprint density at radius 3 is 2.68 bits per heavy atom. The molecule has 8 nitrogen and oxygen atoms in total. The number of carbonyl (C=O) groups excluding carboxylic acids is 2.